The van der Waals surface area contributed by atoms with Crippen LogP contribution in [0.15, 0.2) is 36.9 Å². The number of fused-ring (bicyclic) bond motifs is 1. The van der Waals surface area contributed by atoms with E-state index in [-0.39, 0.29) is 46.2 Å². The van der Waals surface area contributed by atoms with Crippen LogP contribution in [0.3, 0.4) is 0 Å². The quantitative estimate of drug-likeness (QED) is 0.356. The topological polar surface area (TPSA) is 102 Å². The molecule has 1 spiro atoms. The lowest BCUT2D eigenvalue weighted by Crippen LogP contribution is -2.65. The van der Waals surface area contributed by atoms with Crippen LogP contribution in [0.25, 0.3) is 0 Å². The highest BCUT2D eigenvalue weighted by Crippen LogP contribution is 2.52. The van der Waals surface area contributed by atoms with Crippen LogP contribution in [0.5, 0.6) is 17.2 Å². The van der Waals surface area contributed by atoms with Crippen LogP contribution in [0.1, 0.15) is 66.8 Å². The minimum absolute atomic E-state index is 0.0723. The Bertz CT molecular complexity index is 1510. The van der Waals surface area contributed by atoms with Gasteiger partial charge in [0, 0.05) is 67.3 Å². The molecule has 2 N–H and O–H groups in total. The van der Waals surface area contributed by atoms with E-state index in [4.69, 9.17) is 9.47 Å². The number of nitrogens with one attached hydrogen (secondary N) is 2. The summed E-state index contributed by atoms with van der Waals surface area (Å²) in [4.78, 5) is 28.0. The van der Waals surface area contributed by atoms with Gasteiger partial charge in [0.05, 0.1) is 17.5 Å². The first-order chi connectivity index (χ1) is 20.6. The fourth-order valence-electron chi connectivity index (χ4n) is 6.44. The predicted molar refractivity (Wildman–Crippen MR) is 153 cm³/mol. The maximum absolute atomic E-state index is 14.4. The van der Waals surface area contributed by atoms with Gasteiger partial charge in [-0.25, -0.2) is 23.1 Å². The molecule has 1 amide bonds. The van der Waals surface area contributed by atoms with Crippen molar-refractivity contribution in [3.8, 4) is 17.2 Å². The zero-order valence-corrected chi connectivity index (χ0v) is 24.4. The molecule has 1 aromatic carbocycles. The molecule has 2 aliphatic heterocycles. The van der Waals surface area contributed by atoms with Crippen LogP contribution in [-0.2, 0) is 12.8 Å². The molecule has 43 heavy (non-hydrogen) atoms. The lowest BCUT2D eigenvalue weighted by atomic mass is 9.61. The van der Waals surface area contributed by atoms with E-state index in [1.807, 2.05) is 17.2 Å². The molecule has 4 heterocycles. The molecule has 1 unspecified atom stereocenters. The molecule has 1 aliphatic carbocycles. The van der Waals surface area contributed by atoms with Gasteiger partial charge in [0.2, 0.25) is 6.43 Å². The lowest BCUT2D eigenvalue weighted by molar-refractivity contribution is -0.0351. The van der Waals surface area contributed by atoms with Gasteiger partial charge >= 0.3 is 0 Å². The maximum Gasteiger partial charge on any atom is 0.255 e. The number of benzene rings is 1. The van der Waals surface area contributed by atoms with E-state index in [0.717, 1.165) is 54.9 Å². The Kier molecular flexibility index (Phi) is 7.89. The number of carbonyl (C=O) groups excluding carboxylic acids is 1. The minimum atomic E-state index is -2.77. The molecule has 1 saturated carbocycles. The summed E-state index contributed by atoms with van der Waals surface area (Å²) in [6, 6.07) is 3.85. The molecule has 0 bridgehead atoms. The van der Waals surface area contributed by atoms with Crippen LogP contribution in [0, 0.1) is 11.2 Å². The van der Waals surface area contributed by atoms with Gasteiger partial charge in [-0.05, 0) is 51.8 Å². The second-order valence-electron chi connectivity index (χ2n) is 12.1. The number of pyridine rings is 1. The van der Waals surface area contributed by atoms with Gasteiger partial charge in [0.25, 0.3) is 5.91 Å². The molecule has 0 radical (unpaired) electrons. The lowest BCUT2D eigenvalue weighted by Gasteiger charge is -2.59. The van der Waals surface area contributed by atoms with E-state index in [1.165, 1.54) is 12.5 Å². The summed E-state index contributed by atoms with van der Waals surface area (Å²) < 4.78 is 53.9. The van der Waals surface area contributed by atoms with Crippen LogP contribution in [0.4, 0.5) is 19.0 Å². The fraction of sp³-hybridized carbons (Fsp3) is 0.484. The molecule has 1 saturated heterocycles. The Hall–Kier alpha value is -3.93. The summed E-state index contributed by atoms with van der Waals surface area (Å²) in [5, 5.41) is 6.16. The molecule has 2 aromatic heterocycles. The summed E-state index contributed by atoms with van der Waals surface area (Å²) in [5.41, 5.74) is 2.03. The number of alkyl halides is 2. The van der Waals surface area contributed by atoms with Gasteiger partial charge in [-0.2, -0.15) is 0 Å². The van der Waals surface area contributed by atoms with Crippen molar-refractivity contribution in [2.45, 2.75) is 71.1 Å². The molecule has 6 rings (SSSR count). The summed E-state index contributed by atoms with van der Waals surface area (Å²) >= 11 is 0. The third-order valence-electron chi connectivity index (χ3n) is 8.29. The molecular formula is C31H35F3N6O3. The molecule has 228 valence electrons. The SMILES string of the molecule is CC(C)NC(=O)c1cc(F)cc(CC(F)F)c1Oc1cncnc1N1CC2(CC(Oc3ccnc4c3C(C)NCC4)C2)C1. The number of carbonyl (C=O) groups is 1. The average molecular weight is 597 g/mol. The van der Waals surface area contributed by atoms with Crippen molar-refractivity contribution in [3.63, 3.8) is 0 Å². The summed E-state index contributed by atoms with van der Waals surface area (Å²) in [6.45, 7) is 7.95. The van der Waals surface area contributed by atoms with E-state index in [9.17, 15) is 18.0 Å². The second kappa shape index (κ2) is 11.6. The van der Waals surface area contributed by atoms with Crippen molar-refractivity contribution < 1.29 is 27.4 Å². The largest absolute Gasteiger partial charge is 0.490 e. The number of hydrogen-bond donors (Lipinski definition) is 2. The Morgan fingerprint density at radius 2 is 2.00 bits per heavy atom. The number of nitrogens with zero attached hydrogens (tertiary/aromatic N) is 4. The van der Waals surface area contributed by atoms with Crippen molar-refractivity contribution in [3.05, 3.63) is 65.1 Å². The zero-order chi connectivity index (χ0) is 30.3. The number of amides is 1. The number of ether oxygens (including phenoxy) is 2. The van der Waals surface area contributed by atoms with Gasteiger partial charge < -0.3 is 25.0 Å². The van der Waals surface area contributed by atoms with Crippen LogP contribution < -0.4 is 25.0 Å². The molecule has 9 nitrogen and oxygen atoms in total. The van der Waals surface area contributed by atoms with Crippen molar-refractivity contribution in [2.24, 2.45) is 5.41 Å². The molecule has 2 fully saturated rings. The fourth-order valence-corrected chi connectivity index (χ4v) is 6.44. The first-order valence-electron chi connectivity index (χ1n) is 14.6. The van der Waals surface area contributed by atoms with E-state index in [0.29, 0.717) is 18.9 Å². The third kappa shape index (κ3) is 5.97. The molecule has 12 heteroatoms. The first kappa shape index (κ1) is 29.2. The zero-order valence-electron chi connectivity index (χ0n) is 24.4. The van der Waals surface area contributed by atoms with Crippen molar-refractivity contribution in [1.82, 2.24) is 25.6 Å². The van der Waals surface area contributed by atoms with Crippen molar-refractivity contribution >= 4 is 11.7 Å². The normalized spacial score (nSPS) is 19.2. The number of rotatable bonds is 9. The summed E-state index contributed by atoms with van der Waals surface area (Å²) in [7, 11) is 0. The molecule has 3 aromatic rings. The van der Waals surface area contributed by atoms with Gasteiger partial charge in [-0.1, -0.05) is 0 Å². The first-order valence-corrected chi connectivity index (χ1v) is 14.6. The van der Waals surface area contributed by atoms with Gasteiger partial charge in [-0.3, -0.25) is 9.78 Å². The van der Waals surface area contributed by atoms with Gasteiger partial charge in [0.15, 0.2) is 11.6 Å². The van der Waals surface area contributed by atoms with Crippen LogP contribution in [0.2, 0.25) is 0 Å². The Balaban J connectivity index is 1.17. The van der Waals surface area contributed by atoms with Crippen molar-refractivity contribution in [2.75, 3.05) is 24.5 Å². The third-order valence-corrected chi connectivity index (χ3v) is 8.29. The Morgan fingerprint density at radius 3 is 2.74 bits per heavy atom. The van der Waals surface area contributed by atoms with E-state index >= 15 is 0 Å². The van der Waals surface area contributed by atoms with E-state index in [1.54, 1.807) is 13.8 Å². The summed E-state index contributed by atoms with van der Waals surface area (Å²) in [5.74, 6) is 0.0233. The number of halogens is 3. The van der Waals surface area contributed by atoms with E-state index in [2.05, 4.69) is 32.5 Å². The highest BCUT2D eigenvalue weighted by Gasteiger charge is 2.54. The molecular weight excluding hydrogens is 561 g/mol. The van der Waals surface area contributed by atoms with E-state index < -0.39 is 24.6 Å². The minimum Gasteiger partial charge on any atom is -0.490 e. The number of hydrogen-bond acceptors (Lipinski definition) is 8. The van der Waals surface area contributed by atoms with Crippen LogP contribution >= 0.6 is 0 Å². The Morgan fingerprint density at radius 1 is 1.21 bits per heavy atom. The van der Waals surface area contributed by atoms with Gasteiger partial charge in [0.1, 0.15) is 29.7 Å². The smallest absolute Gasteiger partial charge is 0.255 e. The Labute approximate surface area is 248 Å². The second-order valence-corrected chi connectivity index (χ2v) is 12.1. The summed E-state index contributed by atoms with van der Waals surface area (Å²) in [6.07, 6.45) is 3.85. The van der Waals surface area contributed by atoms with Crippen LogP contribution in [-0.4, -0.2) is 59.1 Å². The predicted octanol–water partition coefficient (Wildman–Crippen LogP) is 5.00. The molecule has 3 aliphatic rings. The monoisotopic (exact) mass is 596 g/mol. The van der Waals surface area contributed by atoms with Crippen molar-refractivity contribution in [1.29, 1.82) is 0 Å². The maximum atomic E-state index is 14.4. The highest BCUT2D eigenvalue weighted by atomic mass is 19.3. The molecule has 1 atom stereocenters. The highest BCUT2D eigenvalue weighted by molar-refractivity contribution is 5.97. The van der Waals surface area contributed by atoms with Gasteiger partial charge in [-0.15, -0.1) is 0 Å². The average Bonchev–Trinajstić information content (AvgIpc) is 2.90. The number of aromatic nitrogens is 3. The number of anilines is 1. The standard InChI is InChI=1S/C31H35F3N6O3/c1-17(2)39-30(41)22-10-20(32)8-19(9-26(33)34)28(22)43-25-13-35-16-38-29(25)40-14-31(15-40)11-21(12-31)42-24-5-7-37-23-4-6-36-18(3)27(23)24/h5,7-8,10,13,16-18,21,26,36H,4,6,9,11-12,14-15H2,1-3H3,(H,39,41).